The molecule has 6 rings (SSSR count). The van der Waals surface area contributed by atoms with E-state index in [0.717, 1.165) is 16.1 Å². The standard InChI is InChI=1S/C27H18BrS2Si/c1-31(2)9-5-6-16-10-17-13-25-20(11-18(17)12-23(16)28)22-15-26-21(14-27(22)30-25)19-7-3-4-8-24(19)29-26/h3-4,7-8,10-15H,9H2,1-2H3. The molecule has 31 heavy (non-hydrogen) atoms. The molecular weight excluding hydrogens is 496 g/mol. The largest absolute Gasteiger partial charge is 0.135 e. The molecule has 0 aliphatic heterocycles. The molecule has 0 aliphatic carbocycles. The fourth-order valence-corrected chi connectivity index (χ4v) is 7.36. The molecular formula is C27H18BrS2Si. The Morgan fingerprint density at radius 2 is 1.39 bits per heavy atom. The maximum absolute atomic E-state index is 3.75. The first-order valence-corrected chi connectivity index (χ1v) is 15.4. The molecule has 0 unspecified atom stereocenters. The van der Waals surface area contributed by atoms with Crippen molar-refractivity contribution in [2.24, 2.45) is 0 Å². The van der Waals surface area contributed by atoms with E-state index in [9.17, 15) is 0 Å². The van der Waals surface area contributed by atoms with E-state index in [2.05, 4.69) is 102 Å². The average Bonchev–Trinajstić information content (AvgIpc) is 3.27. The predicted octanol–water partition coefficient (Wildman–Crippen LogP) is 9.44. The molecule has 0 fully saturated rings. The van der Waals surface area contributed by atoms with Crippen LogP contribution in [0.5, 0.6) is 0 Å². The van der Waals surface area contributed by atoms with E-state index in [1.165, 1.54) is 51.1 Å². The lowest BCUT2D eigenvalue weighted by atomic mass is 10.0. The lowest BCUT2D eigenvalue weighted by Crippen LogP contribution is -1.95. The molecule has 1 radical (unpaired) electrons. The lowest BCUT2D eigenvalue weighted by molar-refractivity contribution is 1.63. The van der Waals surface area contributed by atoms with E-state index in [1.807, 2.05) is 22.7 Å². The fourth-order valence-electron chi connectivity index (χ4n) is 4.17. The van der Waals surface area contributed by atoms with Gasteiger partial charge in [-0.2, -0.15) is 0 Å². The highest BCUT2D eigenvalue weighted by Gasteiger charge is 2.12. The van der Waals surface area contributed by atoms with Crippen molar-refractivity contribution in [2.75, 3.05) is 0 Å². The molecule has 6 aromatic rings. The molecule has 4 heteroatoms. The van der Waals surface area contributed by atoms with E-state index >= 15 is 0 Å². The summed E-state index contributed by atoms with van der Waals surface area (Å²) in [5.74, 6) is 6.74. The Labute approximate surface area is 199 Å². The van der Waals surface area contributed by atoms with Crippen molar-refractivity contribution < 1.29 is 0 Å². The third-order valence-electron chi connectivity index (χ3n) is 5.68. The van der Waals surface area contributed by atoms with Crippen LogP contribution in [0.4, 0.5) is 0 Å². The maximum Gasteiger partial charge on any atom is 0.0556 e. The summed E-state index contributed by atoms with van der Waals surface area (Å²) in [4.78, 5) is 0. The third-order valence-corrected chi connectivity index (χ3v) is 9.47. The molecule has 2 aromatic heterocycles. The van der Waals surface area contributed by atoms with Gasteiger partial charge in [-0.05, 0) is 69.2 Å². The third kappa shape index (κ3) is 3.32. The van der Waals surface area contributed by atoms with Crippen molar-refractivity contribution >= 4 is 98.5 Å². The molecule has 0 saturated carbocycles. The second-order valence-corrected chi connectivity index (χ2v) is 14.0. The Morgan fingerprint density at radius 1 is 0.742 bits per heavy atom. The molecule has 0 amide bonds. The summed E-state index contributed by atoms with van der Waals surface area (Å²) < 4.78 is 6.52. The van der Waals surface area contributed by atoms with Crippen LogP contribution in [-0.2, 0) is 0 Å². The van der Waals surface area contributed by atoms with E-state index in [0.29, 0.717) is 0 Å². The summed E-state index contributed by atoms with van der Waals surface area (Å²) >= 11 is 7.54. The monoisotopic (exact) mass is 513 g/mol. The van der Waals surface area contributed by atoms with E-state index in [4.69, 9.17) is 0 Å². The van der Waals surface area contributed by atoms with E-state index < -0.39 is 0 Å². The van der Waals surface area contributed by atoms with Crippen LogP contribution in [0.2, 0.25) is 19.1 Å². The van der Waals surface area contributed by atoms with Crippen LogP contribution in [-0.4, -0.2) is 8.80 Å². The Hall–Kier alpha value is -2.16. The van der Waals surface area contributed by atoms with Crippen LogP contribution in [0.25, 0.3) is 51.1 Å². The van der Waals surface area contributed by atoms with Crippen molar-refractivity contribution in [3.05, 3.63) is 70.7 Å². The Morgan fingerprint density at radius 3 is 2.19 bits per heavy atom. The van der Waals surface area contributed by atoms with Crippen molar-refractivity contribution in [2.45, 2.75) is 19.1 Å². The van der Waals surface area contributed by atoms with E-state index in [1.54, 1.807) is 0 Å². The van der Waals surface area contributed by atoms with Gasteiger partial charge in [-0.15, -0.1) is 28.6 Å². The van der Waals surface area contributed by atoms with Crippen LogP contribution >= 0.6 is 38.6 Å². The average molecular weight is 515 g/mol. The number of fused-ring (bicyclic) bond motifs is 7. The van der Waals surface area contributed by atoms with Gasteiger partial charge >= 0.3 is 0 Å². The zero-order chi connectivity index (χ0) is 21.1. The summed E-state index contributed by atoms with van der Waals surface area (Å²) in [5, 5.41) is 7.97. The molecule has 0 bridgehead atoms. The van der Waals surface area contributed by atoms with Crippen LogP contribution < -0.4 is 0 Å². The lowest BCUT2D eigenvalue weighted by Gasteiger charge is -2.03. The SMILES string of the molecule is C[Si](C)CC#Cc1cc2cc3sc4cc5c(cc4c3cc2cc1Br)sc1ccccc15. The highest BCUT2D eigenvalue weighted by atomic mass is 79.9. The van der Waals surface area contributed by atoms with Gasteiger partial charge in [-0.1, -0.05) is 37.2 Å². The van der Waals surface area contributed by atoms with Gasteiger partial charge in [-0.3, -0.25) is 0 Å². The Bertz CT molecular complexity index is 1710. The summed E-state index contributed by atoms with van der Waals surface area (Å²) in [6.07, 6.45) is 0. The highest BCUT2D eigenvalue weighted by Crippen LogP contribution is 2.42. The summed E-state index contributed by atoms with van der Waals surface area (Å²) in [6.45, 7) is 4.61. The molecule has 2 heterocycles. The maximum atomic E-state index is 3.75. The van der Waals surface area contributed by atoms with Crippen LogP contribution in [0, 0.1) is 11.8 Å². The molecule has 4 aromatic carbocycles. The first-order chi connectivity index (χ1) is 15.1. The summed E-state index contributed by atoms with van der Waals surface area (Å²) in [7, 11) is -0.314. The van der Waals surface area contributed by atoms with E-state index in [-0.39, 0.29) is 8.80 Å². The first kappa shape index (κ1) is 19.5. The number of hydrogen-bond donors (Lipinski definition) is 0. The molecule has 0 nitrogen and oxygen atoms in total. The molecule has 0 saturated heterocycles. The van der Waals surface area contributed by atoms with Crippen LogP contribution in [0.3, 0.4) is 0 Å². The van der Waals surface area contributed by atoms with Crippen LogP contribution in [0.1, 0.15) is 5.56 Å². The Balaban J connectivity index is 1.57. The number of rotatable bonds is 1. The van der Waals surface area contributed by atoms with Gasteiger partial charge in [0.2, 0.25) is 0 Å². The normalized spacial score (nSPS) is 11.9. The van der Waals surface area contributed by atoms with Crippen molar-refractivity contribution in [1.82, 2.24) is 0 Å². The van der Waals surface area contributed by atoms with Gasteiger partial charge in [0, 0.05) is 56.4 Å². The van der Waals surface area contributed by atoms with Crippen molar-refractivity contribution in [1.29, 1.82) is 0 Å². The smallest absolute Gasteiger partial charge is 0.0556 e. The molecule has 149 valence electrons. The van der Waals surface area contributed by atoms with Crippen LogP contribution in [0.15, 0.2) is 65.1 Å². The second-order valence-electron chi connectivity index (χ2n) is 8.26. The van der Waals surface area contributed by atoms with Crippen molar-refractivity contribution in [3.63, 3.8) is 0 Å². The minimum Gasteiger partial charge on any atom is -0.135 e. The zero-order valence-electron chi connectivity index (χ0n) is 17.2. The minimum atomic E-state index is -0.314. The van der Waals surface area contributed by atoms with Gasteiger partial charge in [0.05, 0.1) is 8.80 Å². The summed E-state index contributed by atoms with van der Waals surface area (Å²) in [5.41, 5.74) is 1.09. The molecule has 0 N–H and O–H groups in total. The number of thiophene rings is 2. The molecule has 0 atom stereocenters. The summed E-state index contributed by atoms with van der Waals surface area (Å²) in [6, 6.07) is 23.7. The topological polar surface area (TPSA) is 0 Å². The number of halogens is 1. The Kier molecular flexibility index (Phi) is 4.70. The number of hydrogen-bond acceptors (Lipinski definition) is 2. The zero-order valence-corrected chi connectivity index (χ0v) is 21.4. The van der Waals surface area contributed by atoms with Gasteiger partial charge < -0.3 is 0 Å². The highest BCUT2D eigenvalue weighted by molar-refractivity contribution is 9.10. The van der Waals surface area contributed by atoms with Gasteiger partial charge in [0.15, 0.2) is 0 Å². The quantitative estimate of drug-likeness (QED) is 0.151. The minimum absolute atomic E-state index is 0.314. The van der Waals surface area contributed by atoms with Gasteiger partial charge in [0.1, 0.15) is 0 Å². The first-order valence-electron chi connectivity index (χ1n) is 10.3. The van der Waals surface area contributed by atoms with Gasteiger partial charge in [-0.25, -0.2) is 0 Å². The number of benzene rings is 4. The molecule has 0 spiro atoms. The van der Waals surface area contributed by atoms with Crippen molar-refractivity contribution in [3.8, 4) is 11.8 Å². The fraction of sp³-hybridized carbons (Fsp3) is 0.111. The van der Waals surface area contributed by atoms with Gasteiger partial charge in [0.25, 0.3) is 0 Å². The second kappa shape index (κ2) is 7.46. The molecule has 0 aliphatic rings. The predicted molar refractivity (Wildman–Crippen MR) is 147 cm³/mol.